The molecule has 0 bridgehead atoms. The molecule has 0 aliphatic heterocycles. The van der Waals surface area contributed by atoms with Gasteiger partial charge in [-0.15, -0.1) is 0 Å². The third-order valence-electron chi connectivity index (χ3n) is 20.6. The third-order valence-corrected chi connectivity index (χ3v) is 28.4. The summed E-state index contributed by atoms with van der Waals surface area (Å²) in [5.41, 5.74) is 8.06. The van der Waals surface area contributed by atoms with Crippen LogP contribution >= 0.6 is 14.3 Å². The van der Waals surface area contributed by atoms with E-state index in [9.17, 15) is 13.0 Å². The molecule has 0 N–H and O–H groups in total. The van der Waals surface area contributed by atoms with Crippen molar-refractivity contribution in [2.75, 3.05) is 0 Å². The first-order chi connectivity index (χ1) is 53.6. The van der Waals surface area contributed by atoms with Crippen LogP contribution in [-0.4, -0.2) is 28.4 Å². The molecule has 0 fully saturated rings. The highest BCUT2D eigenvalue weighted by Gasteiger charge is 2.32. The molecule has 16 aromatic carbocycles. The standard InChI is InChI=1S/C35H24NOP.C34H23N2OP.C29H19NO2S/c37-38(27-14-3-1-4-15-27,28-16-5-2-6-17-28)29-18-11-13-26(24-29)35-32-23-22-25-12-7-8-19-30(25)34(32)31-20-9-10-21-33(31)36-35;37-38(26-12-3-1-4-13-26,27-14-5-2-6-15-27)28-21-25(22-35-23-28)34-31-20-19-24-11-7-8-16-29(24)33(31)30-17-9-10-18-32(30)36-34;31-33(32,22-9-2-1-3-10-22)23-17-14-21(15-18-23)29-26-19-16-20-8-4-5-11-24(20)28(26)25-12-6-7-13-27(25)30-29/h1-24H;1-23H;1-19H. The van der Waals surface area contributed by atoms with Crippen LogP contribution < -0.4 is 31.8 Å². The number of sulfone groups is 1. The van der Waals surface area contributed by atoms with Crippen molar-refractivity contribution in [1.29, 1.82) is 0 Å². The molecule has 20 rings (SSSR count). The van der Waals surface area contributed by atoms with Crippen molar-refractivity contribution in [3.63, 3.8) is 0 Å². The maximum absolute atomic E-state index is 15.0. The van der Waals surface area contributed by atoms with Gasteiger partial charge in [0.1, 0.15) is 0 Å². The lowest BCUT2D eigenvalue weighted by molar-refractivity contribution is 0.591. The molecule has 0 saturated heterocycles. The molecule has 0 aliphatic rings. The maximum Gasteiger partial charge on any atom is 0.206 e. The quantitative estimate of drug-likeness (QED) is 0.0928. The van der Waals surface area contributed by atoms with Gasteiger partial charge in [0.2, 0.25) is 9.84 Å². The number of benzene rings is 16. The van der Waals surface area contributed by atoms with Crippen LogP contribution in [0, 0.1) is 0 Å². The molecule has 20 aromatic rings. The first-order valence-electron chi connectivity index (χ1n) is 36.1. The molecule has 518 valence electrons. The van der Waals surface area contributed by atoms with E-state index >= 15 is 4.57 Å². The van der Waals surface area contributed by atoms with Crippen molar-refractivity contribution in [3.8, 4) is 33.8 Å². The molecule has 0 aliphatic carbocycles. The molecule has 8 nitrogen and oxygen atoms in total. The summed E-state index contributed by atoms with van der Waals surface area (Å²) in [5, 5.41) is 21.9. The van der Waals surface area contributed by atoms with Crippen molar-refractivity contribution >= 4 is 153 Å². The van der Waals surface area contributed by atoms with Crippen LogP contribution in [0.3, 0.4) is 0 Å². The molecule has 0 unspecified atom stereocenters. The highest BCUT2D eigenvalue weighted by Crippen LogP contribution is 2.47. The first kappa shape index (κ1) is 67.7. The van der Waals surface area contributed by atoms with E-state index < -0.39 is 24.1 Å². The Kier molecular flexibility index (Phi) is 17.8. The van der Waals surface area contributed by atoms with Gasteiger partial charge in [0.15, 0.2) is 14.3 Å². The summed E-state index contributed by atoms with van der Waals surface area (Å²) in [5.74, 6) is 0. The van der Waals surface area contributed by atoms with Gasteiger partial charge in [0.05, 0.1) is 43.4 Å². The molecular formula is C98H66N4O4P2S. The number of aromatic nitrogens is 4. The van der Waals surface area contributed by atoms with Crippen LogP contribution in [0.5, 0.6) is 0 Å². The molecule has 0 radical (unpaired) electrons. The number of rotatable bonds is 11. The van der Waals surface area contributed by atoms with E-state index in [1.807, 2.05) is 200 Å². The number of hydrogen-bond donors (Lipinski definition) is 0. The molecule has 109 heavy (non-hydrogen) atoms. The molecule has 11 heteroatoms. The van der Waals surface area contributed by atoms with Gasteiger partial charge in [0.25, 0.3) is 0 Å². The summed E-state index contributed by atoms with van der Waals surface area (Å²) in [6, 6.07) is 128. The monoisotopic (exact) mass is 1460 g/mol. The Morgan fingerprint density at radius 3 is 0.945 bits per heavy atom. The summed E-state index contributed by atoms with van der Waals surface area (Å²) in [6.45, 7) is 0. The Hall–Kier alpha value is -13.1. The summed E-state index contributed by atoms with van der Waals surface area (Å²) in [4.78, 5) is 20.4. The third kappa shape index (κ3) is 12.3. The van der Waals surface area contributed by atoms with Crippen molar-refractivity contribution in [3.05, 3.63) is 401 Å². The summed E-state index contributed by atoms with van der Waals surface area (Å²) < 4.78 is 56.0. The molecule has 4 heterocycles. The molecular weight excluding hydrogens is 1390 g/mol. The molecule has 4 aromatic heterocycles. The molecule has 0 saturated carbocycles. The van der Waals surface area contributed by atoms with E-state index in [-0.39, 0.29) is 4.90 Å². The van der Waals surface area contributed by atoms with Crippen LogP contribution in [0.1, 0.15) is 0 Å². The van der Waals surface area contributed by atoms with E-state index in [1.165, 1.54) is 43.1 Å². The number of fused-ring (bicyclic) bond motifs is 15. The zero-order chi connectivity index (χ0) is 73.5. The number of nitrogens with zero attached hydrogens (tertiary/aromatic N) is 4. The lowest BCUT2D eigenvalue weighted by Crippen LogP contribution is -2.25. The van der Waals surface area contributed by atoms with Crippen LogP contribution in [0.15, 0.2) is 410 Å². The second kappa shape index (κ2) is 28.6. The Morgan fingerprint density at radius 2 is 0.532 bits per heavy atom. The molecule has 0 spiro atoms. The fourth-order valence-corrected chi connectivity index (χ4v) is 22.0. The van der Waals surface area contributed by atoms with E-state index in [2.05, 4.69) is 163 Å². The van der Waals surface area contributed by atoms with Crippen molar-refractivity contribution in [1.82, 2.24) is 19.9 Å². The Balaban J connectivity index is 0.000000115. The summed E-state index contributed by atoms with van der Waals surface area (Å²) in [6.07, 6.45) is 3.57. The van der Waals surface area contributed by atoms with Crippen LogP contribution in [0.2, 0.25) is 0 Å². The molecule has 0 atom stereocenters. The fraction of sp³-hybridized carbons (Fsp3) is 0. The minimum atomic E-state index is -3.56. The second-order valence-electron chi connectivity index (χ2n) is 26.9. The Labute approximate surface area is 630 Å². The lowest BCUT2D eigenvalue weighted by Gasteiger charge is -2.21. The lowest BCUT2D eigenvalue weighted by atomic mass is 9.95. The minimum Gasteiger partial charge on any atom is -0.309 e. The largest absolute Gasteiger partial charge is 0.309 e. The smallest absolute Gasteiger partial charge is 0.206 e. The zero-order valence-electron chi connectivity index (χ0n) is 58.8. The Bertz CT molecular complexity index is 6690. The normalized spacial score (nSPS) is 11.8. The minimum absolute atomic E-state index is 0.271. The van der Waals surface area contributed by atoms with Crippen molar-refractivity contribution < 1.29 is 17.5 Å². The first-order valence-corrected chi connectivity index (χ1v) is 41.0. The van der Waals surface area contributed by atoms with Gasteiger partial charge >= 0.3 is 0 Å². The van der Waals surface area contributed by atoms with E-state index in [4.69, 9.17) is 15.0 Å². The second-order valence-corrected chi connectivity index (χ2v) is 34.4. The van der Waals surface area contributed by atoms with Gasteiger partial charge < -0.3 is 9.13 Å². The van der Waals surface area contributed by atoms with Crippen LogP contribution in [0.25, 0.3) is 131 Å². The van der Waals surface area contributed by atoms with Gasteiger partial charge in [-0.2, -0.15) is 0 Å². The van der Waals surface area contributed by atoms with Gasteiger partial charge in [0, 0.05) is 109 Å². The van der Waals surface area contributed by atoms with Gasteiger partial charge in [-0.25, -0.2) is 23.4 Å². The summed E-state index contributed by atoms with van der Waals surface area (Å²) in [7, 11) is -9.83. The van der Waals surface area contributed by atoms with E-state index in [0.29, 0.717) is 10.2 Å². The zero-order valence-corrected chi connectivity index (χ0v) is 61.4. The summed E-state index contributed by atoms with van der Waals surface area (Å²) >= 11 is 0. The van der Waals surface area contributed by atoms with Crippen LogP contribution in [0.4, 0.5) is 0 Å². The Morgan fingerprint density at radius 1 is 0.220 bits per heavy atom. The topological polar surface area (TPSA) is 120 Å². The van der Waals surface area contributed by atoms with Gasteiger partial charge in [-0.3, -0.25) is 4.98 Å². The number of para-hydroxylation sites is 3. The van der Waals surface area contributed by atoms with Gasteiger partial charge in [-0.05, 0) is 86.9 Å². The van der Waals surface area contributed by atoms with Crippen molar-refractivity contribution in [2.45, 2.75) is 9.79 Å². The van der Waals surface area contributed by atoms with Gasteiger partial charge in [-0.1, -0.05) is 334 Å². The predicted octanol–water partition coefficient (Wildman–Crippen LogP) is 22.1. The molecule has 0 amide bonds. The van der Waals surface area contributed by atoms with Crippen LogP contribution in [-0.2, 0) is 19.0 Å². The predicted molar refractivity (Wildman–Crippen MR) is 455 cm³/mol. The van der Waals surface area contributed by atoms with E-state index in [0.717, 1.165) is 115 Å². The average Bonchev–Trinajstić information content (AvgIpc) is 0.748. The maximum atomic E-state index is 15.0. The SMILES string of the molecule is O=P(c1ccccc1)(c1ccccc1)c1cccc(-c2nc3ccccc3c3c2ccc2ccccc23)c1.O=P(c1ccccc1)(c1ccccc1)c1cncc(-c2nc3ccccc3c3c2ccc2ccccc23)c1.O=S(=O)(c1ccccc1)c1ccc(-c2nc3ccccc3c3c2ccc2ccccc23)cc1. The fourth-order valence-electron chi connectivity index (χ4n) is 15.4. The highest BCUT2D eigenvalue weighted by molar-refractivity contribution is 7.91. The number of hydrogen-bond acceptors (Lipinski definition) is 8. The van der Waals surface area contributed by atoms with Crippen molar-refractivity contribution in [2.24, 2.45) is 0 Å². The van der Waals surface area contributed by atoms with E-state index in [1.54, 1.807) is 42.6 Å². The highest BCUT2D eigenvalue weighted by atomic mass is 32.2. The average molecular weight is 1460 g/mol. The number of pyridine rings is 4.